The van der Waals surface area contributed by atoms with Gasteiger partial charge in [-0.15, -0.1) is 0 Å². The molecule has 4 rings (SSSR count). The summed E-state index contributed by atoms with van der Waals surface area (Å²) in [6, 6.07) is 17.5. The molecular weight excluding hydrogens is 350 g/mol. The number of aryl methyl sites for hydroxylation is 1. The molecule has 2 heterocycles. The monoisotopic (exact) mass is 371 g/mol. The lowest BCUT2D eigenvalue weighted by atomic mass is 10.0. The van der Waals surface area contributed by atoms with Crippen LogP contribution in [-0.2, 0) is 20.1 Å². The SMILES string of the molecule is Cn1cc(-c2ccccc2CNC(=O)c2ccccc2Cn2cccn2)cn1. The Labute approximate surface area is 163 Å². The quantitative estimate of drug-likeness (QED) is 0.566. The van der Waals surface area contributed by atoms with Crippen LogP contribution in [0, 0.1) is 0 Å². The lowest BCUT2D eigenvalue weighted by Gasteiger charge is -2.12. The third-order valence-corrected chi connectivity index (χ3v) is 4.63. The van der Waals surface area contributed by atoms with Crippen molar-refractivity contribution in [3.05, 3.63) is 96.1 Å². The summed E-state index contributed by atoms with van der Waals surface area (Å²) in [6.45, 7) is 1.00. The highest BCUT2D eigenvalue weighted by atomic mass is 16.1. The molecule has 4 aromatic rings. The zero-order valence-electron chi connectivity index (χ0n) is 15.6. The first-order chi connectivity index (χ1) is 13.7. The van der Waals surface area contributed by atoms with E-state index in [-0.39, 0.29) is 5.91 Å². The van der Waals surface area contributed by atoms with Gasteiger partial charge in [-0.1, -0.05) is 42.5 Å². The molecule has 2 aromatic carbocycles. The topological polar surface area (TPSA) is 64.7 Å². The molecule has 0 radical (unpaired) electrons. The maximum atomic E-state index is 12.9. The Morgan fingerprint density at radius 1 is 1.00 bits per heavy atom. The van der Waals surface area contributed by atoms with Gasteiger partial charge in [0, 0.05) is 43.3 Å². The van der Waals surface area contributed by atoms with Crippen molar-refractivity contribution in [1.82, 2.24) is 24.9 Å². The van der Waals surface area contributed by atoms with E-state index in [9.17, 15) is 4.79 Å². The van der Waals surface area contributed by atoms with Gasteiger partial charge in [0.05, 0.1) is 12.7 Å². The Kier molecular flexibility index (Phi) is 5.01. The molecule has 0 saturated carbocycles. The van der Waals surface area contributed by atoms with Gasteiger partial charge in [-0.25, -0.2) is 0 Å². The number of carbonyl (C=O) groups excluding carboxylic acids is 1. The Hall–Kier alpha value is -3.67. The van der Waals surface area contributed by atoms with Crippen LogP contribution < -0.4 is 5.32 Å². The van der Waals surface area contributed by atoms with Crippen LogP contribution >= 0.6 is 0 Å². The number of carbonyl (C=O) groups is 1. The van der Waals surface area contributed by atoms with E-state index in [0.717, 1.165) is 22.3 Å². The van der Waals surface area contributed by atoms with Crippen LogP contribution in [0.3, 0.4) is 0 Å². The van der Waals surface area contributed by atoms with E-state index in [1.165, 1.54) is 0 Å². The Morgan fingerprint density at radius 2 is 1.79 bits per heavy atom. The van der Waals surface area contributed by atoms with Crippen LogP contribution in [0.4, 0.5) is 0 Å². The molecule has 6 heteroatoms. The molecule has 1 amide bonds. The number of hydrogen-bond donors (Lipinski definition) is 1. The molecule has 0 spiro atoms. The van der Waals surface area contributed by atoms with Crippen molar-refractivity contribution in [1.29, 1.82) is 0 Å². The fraction of sp³-hybridized carbons (Fsp3) is 0.136. The second-order valence-electron chi connectivity index (χ2n) is 6.60. The van der Waals surface area contributed by atoms with Gasteiger partial charge < -0.3 is 5.32 Å². The Bertz CT molecular complexity index is 1080. The van der Waals surface area contributed by atoms with Gasteiger partial charge in [0.1, 0.15) is 0 Å². The van der Waals surface area contributed by atoms with E-state index in [1.807, 2.05) is 84.9 Å². The molecule has 0 atom stereocenters. The zero-order chi connectivity index (χ0) is 19.3. The summed E-state index contributed by atoms with van der Waals surface area (Å²) in [5, 5.41) is 11.5. The van der Waals surface area contributed by atoms with Crippen LogP contribution in [0.5, 0.6) is 0 Å². The number of aromatic nitrogens is 4. The largest absolute Gasteiger partial charge is 0.348 e. The fourth-order valence-corrected chi connectivity index (χ4v) is 3.24. The first-order valence-corrected chi connectivity index (χ1v) is 9.11. The molecule has 0 saturated heterocycles. The maximum Gasteiger partial charge on any atom is 0.251 e. The predicted octanol–water partition coefficient (Wildman–Crippen LogP) is 3.26. The van der Waals surface area contributed by atoms with E-state index in [4.69, 9.17) is 0 Å². The maximum absolute atomic E-state index is 12.9. The van der Waals surface area contributed by atoms with Gasteiger partial charge in [-0.3, -0.25) is 14.2 Å². The lowest BCUT2D eigenvalue weighted by molar-refractivity contribution is 0.0950. The summed E-state index contributed by atoms with van der Waals surface area (Å²) in [6.07, 6.45) is 7.43. The average molecular weight is 371 g/mol. The van der Waals surface area contributed by atoms with Gasteiger partial charge in [-0.05, 0) is 28.8 Å². The van der Waals surface area contributed by atoms with Gasteiger partial charge in [0.25, 0.3) is 5.91 Å². The summed E-state index contributed by atoms with van der Waals surface area (Å²) in [4.78, 5) is 12.9. The number of benzene rings is 2. The summed E-state index contributed by atoms with van der Waals surface area (Å²) >= 11 is 0. The molecule has 0 bridgehead atoms. The predicted molar refractivity (Wildman–Crippen MR) is 108 cm³/mol. The summed E-state index contributed by atoms with van der Waals surface area (Å²) < 4.78 is 3.58. The van der Waals surface area contributed by atoms with Crippen molar-refractivity contribution in [2.75, 3.05) is 0 Å². The van der Waals surface area contributed by atoms with Crippen LogP contribution in [0.1, 0.15) is 21.5 Å². The van der Waals surface area contributed by atoms with Crippen molar-refractivity contribution in [2.24, 2.45) is 7.05 Å². The molecule has 6 nitrogen and oxygen atoms in total. The number of nitrogens with one attached hydrogen (secondary N) is 1. The minimum absolute atomic E-state index is 0.0938. The van der Waals surface area contributed by atoms with Crippen molar-refractivity contribution in [2.45, 2.75) is 13.1 Å². The van der Waals surface area contributed by atoms with E-state index >= 15 is 0 Å². The molecular formula is C22H21N5O. The van der Waals surface area contributed by atoms with Gasteiger partial charge >= 0.3 is 0 Å². The highest BCUT2D eigenvalue weighted by Gasteiger charge is 2.13. The molecule has 0 aliphatic heterocycles. The van der Waals surface area contributed by atoms with Crippen molar-refractivity contribution in [3.8, 4) is 11.1 Å². The third kappa shape index (κ3) is 3.86. The number of rotatable bonds is 6. The first-order valence-electron chi connectivity index (χ1n) is 9.11. The number of amides is 1. The molecule has 1 N–H and O–H groups in total. The smallest absolute Gasteiger partial charge is 0.251 e. The zero-order valence-corrected chi connectivity index (χ0v) is 15.6. The van der Waals surface area contributed by atoms with E-state index in [2.05, 4.69) is 15.5 Å². The molecule has 0 unspecified atom stereocenters. The number of nitrogens with zero attached hydrogens (tertiary/aromatic N) is 4. The molecule has 0 aliphatic rings. The molecule has 0 aliphatic carbocycles. The molecule has 28 heavy (non-hydrogen) atoms. The van der Waals surface area contributed by atoms with E-state index in [0.29, 0.717) is 18.7 Å². The second-order valence-corrected chi connectivity index (χ2v) is 6.60. The minimum Gasteiger partial charge on any atom is -0.348 e. The van der Waals surface area contributed by atoms with E-state index in [1.54, 1.807) is 10.9 Å². The molecule has 0 fully saturated rings. The second kappa shape index (κ2) is 7.92. The average Bonchev–Trinajstić information content (AvgIpc) is 3.38. The standard InChI is InChI=1S/C22H21N5O/c1-26-15-19(14-25-26)20-9-4-2-7-17(20)13-23-22(28)21-10-5-3-8-18(21)16-27-12-6-11-24-27/h2-12,14-15H,13,16H2,1H3,(H,23,28). The summed E-state index contributed by atoms with van der Waals surface area (Å²) in [7, 11) is 1.89. The highest BCUT2D eigenvalue weighted by Crippen LogP contribution is 2.23. The Balaban J connectivity index is 1.52. The van der Waals surface area contributed by atoms with Crippen LogP contribution in [0.15, 0.2) is 79.4 Å². The van der Waals surface area contributed by atoms with Crippen LogP contribution in [0.25, 0.3) is 11.1 Å². The van der Waals surface area contributed by atoms with Gasteiger partial charge in [0.2, 0.25) is 0 Å². The van der Waals surface area contributed by atoms with Crippen LogP contribution in [-0.4, -0.2) is 25.5 Å². The van der Waals surface area contributed by atoms with Crippen LogP contribution in [0.2, 0.25) is 0 Å². The third-order valence-electron chi connectivity index (χ3n) is 4.63. The van der Waals surface area contributed by atoms with Gasteiger partial charge in [0.15, 0.2) is 0 Å². The van der Waals surface area contributed by atoms with Gasteiger partial charge in [-0.2, -0.15) is 10.2 Å². The van der Waals surface area contributed by atoms with Crippen molar-refractivity contribution in [3.63, 3.8) is 0 Å². The highest BCUT2D eigenvalue weighted by molar-refractivity contribution is 5.95. The summed E-state index contributed by atoms with van der Waals surface area (Å²) in [5.74, 6) is -0.0938. The molecule has 140 valence electrons. The Morgan fingerprint density at radius 3 is 2.54 bits per heavy atom. The first kappa shape index (κ1) is 17.7. The minimum atomic E-state index is -0.0938. The summed E-state index contributed by atoms with van der Waals surface area (Å²) in [5.41, 5.74) is 4.75. The normalized spacial score (nSPS) is 10.8. The fourth-order valence-electron chi connectivity index (χ4n) is 3.24. The lowest BCUT2D eigenvalue weighted by Crippen LogP contribution is -2.24. The van der Waals surface area contributed by atoms with Crippen molar-refractivity contribution < 1.29 is 4.79 Å². The van der Waals surface area contributed by atoms with Crippen molar-refractivity contribution >= 4 is 5.91 Å². The number of hydrogen-bond acceptors (Lipinski definition) is 3. The molecule has 2 aromatic heterocycles. The van der Waals surface area contributed by atoms with E-state index < -0.39 is 0 Å².